The lowest BCUT2D eigenvalue weighted by Crippen LogP contribution is -2.60. The van der Waals surface area contributed by atoms with Crippen molar-refractivity contribution in [3.63, 3.8) is 0 Å². The van der Waals surface area contributed by atoms with Crippen LogP contribution >= 0.6 is 0 Å². The molecule has 9 heteroatoms. The van der Waals surface area contributed by atoms with Gasteiger partial charge >= 0.3 is 11.9 Å². The highest BCUT2D eigenvalue weighted by atomic mass is 16.7. The third-order valence-electron chi connectivity index (χ3n) is 5.12. The fourth-order valence-electron chi connectivity index (χ4n) is 3.32. The molecule has 1 heterocycles. The number of aliphatic hydroxyl groups is 3. The fourth-order valence-corrected chi connectivity index (χ4v) is 3.32. The largest absolute Gasteiger partial charge is 0.479 e. The average molecular weight is 374 g/mol. The molecule has 0 radical (unpaired) electrons. The van der Waals surface area contributed by atoms with Crippen molar-refractivity contribution < 1.29 is 44.2 Å². The van der Waals surface area contributed by atoms with Crippen molar-refractivity contribution in [1.29, 1.82) is 0 Å². The molecule has 1 saturated heterocycles. The zero-order chi connectivity index (χ0) is 19.8. The molecule has 0 unspecified atom stereocenters. The minimum Gasteiger partial charge on any atom is -0.479 e. The SMILES string of the molecule is COC(=O)[C@H]1[C@@H](/C=C(\C)CO[C@@H]2O[C@H](C(=O)O)[C@@H](O)[C@H](O)[C@H]2O)C1(C)C. The maximum absolute atomic E-state index is 11.8. The van der Waals surface area contributed by atoms with Crippen LogP contribution < -0.4 is 0 Å². The summed E-state index contributed by atoms with van der Waals surface area (Å²) in [6, 6.07) is 0. The highest BCUT2D eigenvalue weighted by Gasteiger charge is 2.61. The number of hydrogen-bond acceptors (Lipinski definition) is 8. The Labute approximate surface area is 151 Å². The first-order chi connectivity index (χ1) is 12.0. The maximum Gasteiger partial charge on any atom is 0.335 e. The summed E-state index contributed by atoms with van der Waals surface area (Å²) in [4.78, 5) is 22.8. The van der Waals surface area contributed by atoms with Crippen LogP contribution in [0.5, 0.6) is 0 Å². The van der Waals surface area contributed by atoms with E-state index in [1.165, 1.54) is 7.11 Å². The predicted octanol–water partition coefficient (Wildman–Crippen LogP) is -0.713. The molecule has 2 fully saturated rings. The number of carboxylic acid groups (broad SMARTS) is 1. The van der Waals surface area contributed by atoms with Gasteiger partial charge in [0.2, 0.25) is 0 Å². The van der Waals surface area contributed by atoms with Crippen LogP contribution in [0, 0.1) is 17.3 Å². The molecule has 2 aliphatic rings. The quantitative estimate of drug-likeness (QED) is 0.350. The third kappa shape index (κ3) is 3.91. The molecule has 2 rings (SSSR count). The number of aliphatic carboxylic acids is 1. The molecule has 9 nitrogen and oxygen atoms in total. The van der Waals surface area contributed by atoms with E-state index in [-0.39, 0.29) is 29.8 Å². The Kier molecular flexibility index (Phi) is 6.09. The maximum atomic E-state index is 11.8. The smallest absolute Gasteiger partial charge is 0.335 e. The molecule has 1 aliphatic carbocycles. The first kappa shape index (κ1) is 20.8. The van der Waals surface area contributed by atoms with Gasteiger partial charge in [0.15, 0.2) is 12.4 Å². The summed E-state index contributed by atoms with van der Waals surface area (Å²) in [5, 5.41) is 38.3. The van der Waals surface area contributed by atoms with Gasteiger partial charge < -0.3 is 34.6 Å². The van der Waals surface area contributed by atoms with Gasteiger partial charge in [-0.2, -0.15) is 0 Å². The van der Waals surface area contributed by atoms with E-state index in [1.54, 1.807) is 6.92 Å². The lowest BCUT2D eigenvalue weighted by atomic mass is 9.99. The highest BCUT2D eigenvalue weighted by molar-refractivity contribution is 5.78. The molecule has 1 aliphatic heterocycles. The normalized spacial score (nSPS) is 39.3. The van der Waals surface area contributed by atoms with E-state index >= 15 is 0 Å². The van der Waals surface area contributed by atoms with Gasteiger partial charge in [0, 0.05) is 0 Å². The molecule has 1 saturated carbocycles. The van der Waals surface area contributed by atoms with E-state index in [1.807, 2.05) is 19.9 Å². The Balaban J connectivity index is 1.97. The fraction of sp³-hybridized carbons (Fsp3) is 0.765. The van der Waals surface area contributed by atoms with Crippen molar-refractivity contribution in [2.75, 3.05) is 13.7 Å². The molecular weight excluding hydrogens is 348 g/mol. The number of ether oxygens (including phenoxy) is 3. The van der Waals surface area contributed by atoms with Crippen molar-refractivity contribution in [3.8, 4) is 0 Å². The summed E-state index contributed by atoms with van der Waals surface area (Å²) >= 11 is 0. The third-order valence-corrected chi connectivity index (χ3v) is 5.12. The zero-order valence-electron chi connectivity index (χ0n) is 15.2. The highest BCUT2D eigenvalue weighted by Crippen LogP contribution is 2.59. The Bertz CT molecular complexity index is 585. The number of carbonyl (C=O) groups excluding carboxylic acids is 1. The molecular formula is C17H26O9. The van der Waals surface area contributed by atoms with Crippen molar-refractivity contribution in [2.24, 2.45) is 17.3 Å². The van der Waals surface area contributed by atoms with Crippen LogP contribution in [0.1, 0.15) is 20.8 Å². The van der Waals surface area contributed by atoms with Crippen LogP contribution in [0.3, 0.4) is 0 Å². The molecule has 0 aromatic rings. The Morgan fingerprint density at radius 2 is 1.77 bits per heavy atom. The summed E-state index contributed by atoms with van der Waals surface area (Å²) in [6.45, 7) is 5.66. The second kappa shape index (κ2) is 7.61. The molecule has 4 N–H and O–H groups in total. The molecule has 0 aromatic heterocycles. The van der Waals surface area contributed by atoms with Gasteiger partial charge in [0.05, 0.1) is 19.6 Å². The molecule has 26 heavy (non-hydrogen) atoms. The number of hydrogen-bond donors (Lipinski definition) is 4. The van der Waals surface area contributed by atoms with Crippen molar-refractivity contribution in [1.82, 2.24) is 0 Å². The second-order valence-corrected chi connectivity index (χ2v) is 7.41. The van der Waals surface area contributed by atoms with Crippen LogP contribution in [0.4, 0.5) is 0 Å². The summed E-state index contributed by atoms with van der Waals surface area (Å²) in [7, 11) is 1.34. The van der Waals surface area contributed by atoms with Gasteiger partial charge in [-0.1, -0.05) is 25.5 Å². The van der Waals surface area contributed by atoms with Crippen molar-refractivity contribution >= 4 is 11.9 Å². The monoisotopic (exact) mass is 374 g/mol. The van der Waals surface area contributed by atoms with Gasteiger partial charge in [-0.3, -0.25) is 4.79 Å². The summed E-state index contributed by atoms with van der Waals surface area (Å²) < 4.78 is 15.2. The molecule has 148 valence electrons. The summed E-state index contributed by atoms with van der Waals surface area (Å²) in [5.74, 6) is -2.01. The summed E-state index contributed by atoms with van der Waals surface area (Å²) in [6.07, 6.45) is -6.28. The molecule has 0 amide bonds. The Hall–Kier alpha value is -1.52. The minimum atomic E-state index is -1.76. The molecule has 0 bridgehead atoms. The minimum absolute atomic E-state index is 0.00263. The topological polar surface area (TPSA) is 143 Å². The first-order valence-corrected chi connectivity index (χ1v) is 8.31. The van der Waals surface area contributed by atoms with Crippen molar-refractivity contribution in [3.05, 3.63) is 11.6 Å². The van der Waals surface area contributed by atoms with E-state index in [9.17, 15) is 24.9 Å². The van der Waals surface area contributed by atoms with E-state index in [0.29, 0.717) is 0 Å². The van der Waals surface area contributed by atoms with E-state index in [0.717, 1.165) is 5.57 Å². The van der Waals surface area contributed by atoms with Crippen LogP contribution in [-0.4, -0.2) is 76.8 Å². The van der Waals surface area contributed by atoms with Gasteiger partial charge in [-0.05, 0) is 18.3 Å². The zero-order valence-corrected chi connectivity index (χ0v) is 15.2. The number of esters is 1. The Morgan fingerprint density at radius 3 is 2.31 bits per heavy atom. The predicted molar refractivity (Wildman–Crippen MR) is 86.8 cm³/mol. The summed E-state index contributed by atoms with van der Waals surface area (Å²) in [5.41, 5.74) is 0.516. The number of aliphatic hydroxyl groups excluding tert-OH is 3. The number of allylic oxidation sites excluding steroid dienone is 1. The molecule has 0 spiro atoms. The Morgan fingerprint density at radius 1 is 1.15 bits per heavy atom. The molecule has 7 atom stereocenters. The molecule has 0 aromatic carbocycles. The first-order valence-electron chi connectivity index (χ1n) is 8.31. The second-order valence-electron chi connectivity index (χ2n) is 7.41. The van der Waals surface area contributed by atoms with Gasteiger partial charge in [-0.25, -0.2) is 4.79 Å². The number of carboxylic acids is 1. The van der Waals surface area contributed by atoms with Crippen molar-refractivity contribution in [2.45, 2.75) is 51.5 Å². The van der Waals surface area contributed by atoms with Gasteiger partial charge in [-0.15, -0.1) is 0 Å². The van der Waals surface area contributed by atoms with Crippen LogP contribution in [0.25, 0.3) is 0 Å². The number of carbonyl (C=O) groups is 2. The van der Waals surface area contributed by atoms with E-state index in [2.05, 4.69) is 0 Å². The average Bonchev–Trinajstić information content (AvgIpc) is 3.11. The van der Waals surface area contributed by atoms with Crippen LogP contribution in [0.15, 0.2) is 11.6 Å². The lowest BCUT2D eigenvalue weighted by Gasteiger charge is -2.38. The van der Waals surface area contributed by atoms with Gasteiger partial charge in [0.25, 0.3) is 0 Å². The van der Waals surface area contributed by atoms with E-state index in [4.69, 9.17) is 19.3 Å². The van der Waals surface area contributed by atoms with Crippen LogP contribution in [0.2, 0.25) is 0 Å². The van der Waals surface area contributed by atoms with Crippen LogP contribution in [-0.2, 0) is 23.8 Å². The number of methoxy groups -OCH3 is 1. The van der Waals surface area contributed by atoms with Gasteiger partial charge in [0.1, 0.15) is 18.3 Å². The van der Waals surface area contributed by atoms with E-state index < -0.39 is 36.7 Å². The standard InChI is InChI=1S/C17H26O9/c1-7(5-8-9(15(23)24-4)17(8,2)3)6-25-16-12(20)10(18)11(19)13(26-16)14(21)22/h5,8-13,16,18-20H,6H2,1-4H3,(H,21,22)/b7-5+/t8-,9-,10+,11+,12-,13+,16-/m1/s1. The number of rotatable bonds is 6. The lowest BCUT2D eigenvalue weighted by molar-refractivity contribution is -0.292.